The number of amides is 1. The third-order valence-electron chi connectivity index (χ3n) is 3.99. The van der Waals surface area contributed by atoms with E-state index in [1.54, 1.807) is 4.90 Å². The Hall–Kier alpha value is -1.07. The Balaban J connectivity index is 2.21. The van der Waals surface area contributed by atoms with Gasteiger partial charge in [0.05, 0.1) is 17.5 Å². The number of unbranched alkanes of at least 4 members (excludes halogenated alkanes) is 1. The molecule has 1 aromatic rings. The summed E-state index contributed by atoms with van der Waals surface area (Å²) < 4.78 is 23.4. The number of rotatable bonds is 6. The van der Waals surface area contributed by atoms with Gasteiger partial charge in [-0.2, -0.15) is 0 Å². The first-order valence-corrected chi connectivity index (χ1v) is 10.00. The Labute approximate surface area is 137 Å². The summed E-state index contributed by atoms with van der Waals surface area (Å²) >= 11 is 5.71. The third-order valence-corrected chi connectivity index (χ3v) is 5.97. The van der Waals surface area contributed by atoms with E-state index < -0.39 is 9.84 Å². The number of alkyl halides is 1. The van der Waals surface area contributed by atoms with Crippen molar-refractivity contribution in [3.8, 4) is 0 Å². The van der Waals surface area contributed by atoms with E-state index in [1.807, 2.05) is 24.3 Å². The van der Waals surface area contributed by atoms with E-state index in [-0.39, 0.29) is 29.3 Å². The molecule has 6 heteroatoms. The Bertz CT molecular complexity index is 613. The second-order valence-corrected chi connectivity index (χ2v) is 8.22. The molecule has 1 aliphatic heterocycles. The maximum absolute atomic E-state index is 12.2. The maximum Gasteiger partial charge on any atom is 0.242 e. The first-order valence-electron chi connectivity index (χ1n) is 7.64. The average Bonchev–Trinajstić information content (AvgIpc) is 2.86. The summed E-state index contributed by atoms with van der Waals surface area (Å²) in [7, 11) is -3.05. The molecule has 1 heterocycles. The molecule has 1 aromatic carbocycles. The summed E-state index contributed by atoms with van der Waals surface area (Å²) in [4.78, 5) is 13.7. The van der Waals surface area contributed by atoms with Gasteiger partial charge < -0.3 is 4.90 Å². The van der Waals surface area contributed by atoms with Crippen molar-refractivity contribution in [2.75, 3.05) is 22.3 Å². The van der Waals surface area contributed by atoms with Crippen molar-refractivity contribution in [2.45, 2.75) is 38.6 Å². The highest BCUT2D eigenvalue weighted by Crippen LogP contribution is 2.25. The fourth-order valence-electron chi connectivity index (χ4n) is 2.81. The Kier molecular flexibility index (Phi) is 5.87. The predicted molar refractivity (Wildman–Crippen MR) is 90.3 cm³/mol. The minimum Gasteiger partial charge on any atom is -0.307 e. The zero-order valence-electron chi connectivity index (χ0n) is 12.8. The Morgan fingerprint density at radius 3 is 2.50 bits per heavy atom. The fraction of sp³-hybridized carbons (Fsp3) is 0.562. The number of aryl methyl sites for hydroxylation is 1. The van der Waals surface area contributed by atoms with Gasteiger partial charge in [0, 0.05) is 5.69 Å². The van der Waals surface area contributed by atoms with Crippen LogP contribution in [0.5, 0.6) is 0 Å². The highest BCUT2D eigenvalue weighted by Gasteiger charge is 2.35. The van der Waals surface area contributed by atoms with Crippen LogP contribution in [0.1, 0.15) is 31.7 Å². The van der Waals surface area contributed by atoms with Crippen LogP contribution < -0.4 is 4.90 Å². The van der Waals surface area contributed by atoms with Gasteiger partial charge in [0.2, 0.25) is 5.91 Å². The topological polar surface area (TPSA) is 54.5 Å². The number of carbonyl (C=O) groups is 1. The van der Waals surface area contributed by atoms with Gasteiger partial charge in [-0.05, 0) is 37.0 Å². The van der Waals surface area contributed by atoms with Crippen LogP contribution in [0, 0.1) is 0 Å². The molecule has 0 saturated carbocycles. The van der Waals surface area contributed by atoms with Crippen LogP contribution in [-0.2, 0) is 21.1 Å². The van der Waals surface area contributed by atoms with Crippen LogP contribution in [0.15, 0.2) is 24.3 Å². The van der Waals surface area contributed by atoms with E-state index in [0.717, 1.165) is 24.9 Å². The number of halogens is 1. The van der Waals surface area contributed by atoms with Gasteiger partial charge in [-0.25, -0.2) is 8.42 Å². The molecule has 4 nitrogen and oxygen atoms in total. The van der Waals surface area contributed by atoms with Crippen molar-refractivity contribution in [3.05, 3.63) is 29.8 Å². The molecular formula is C16H22ClNO3S. The number of hydrogen-bond donors (Lipinski definition) is 0. The molecule has 1 saturated heterocycles. The second kappa shape index (κ2) is 7.47. The summed E-state index contributed by atoms with van der Waals surface area (Å²) in [6.07, 6.45) is 3.75. The minimum absolute atomic E-state index is 0.0210. The molecule has 0 N–H and O–H groups in total. The second-order valence-electron chi connectivity index (χ2n) is 5.72. The molecule has 122 valence electrons. The van der Waals surface area contributed by atoms with Crippen LogP contribution in [0.4, 0.5) is 5.69 Å². The highest BCUT2D eigenvalue weighted by molar-refractivity contribution is 7.91. The van der Waals surface area contributed by atoms with Crippen molar-refractivity contribution >= 4 is 33.0 Å². The molecule has 0 radical (unpaired) electrons. The average molecular weight is 344 g/mol. The van der Waals surface area contributed by atoms with Crippen molar-refractivity contribution in [1.82, 2.24) is 0 Å². The summed E-state index contributed by atoms with van der Waals surface area (Å²) in [6.45, 7) is 2.15. The van der Waals surface area contributed by atoms with E-state index >= 15 is 0 Å². The van der Waals surface area contributed by atoms with E-state index in [4.69, 9.17) is 11.6 Å². The van der Waals surface area contributed by atoms with E-state index in [2.05, 4.69) is 6.92 Å². The molecule has 1 amide bonds. The van der Waals surface area contributed by atoms with Crippen molar-refractivity contribution in [1.29, 1.82) is 0 Å². The van der Waals surface area contributed by atoms with Crippen molar-refractivity contribution in [2.24, 2.45) is 0 Å². The SMILES string of the molecule is CCCCc1ccc(N(C(=O)CCl)C2CCS(=O)(=O)C2)cc1. The predicted octanol–water partition coefficient (Wildman–Crippen LogP) is 2.79. The maximum atomic E-state index is 12.2. The smallest absolute Gasteiger partial charge is 0.242 e. The van der Waals surface area contributed by atoms with E-state index in [0.29, 0.717) is 6.42 Å². The number of hydrogen-bond acceptors (Lipinski definition) is 3. The molecule has 1 aliphatic rings. The van der Waals surface area contributed by atoms with Crippen molar-refractivity contribution < 1.29 is 13.2 Å². The van der Waals surface area contributed by atoms with Crippen LogP contribution >= 0.6 is 11.6 Å². The van der Waals surface area contributed by atoms with Gasteiger partial charge in [0.15, 0.2) is 9.84 Å². The number of sulfone groups is 1. The molecule has 1 fully saturated rings. The van der Waals surface area contributed by atoms with Gasteiger partial charge in [-0.15, -0.1) is 11.6 Å². The van der Waals surface area contributed by atoms with Crippen molar-refractivity contribution in [3.63, 3.8) is 0 Å². The van der Waals surface area contributed by atoms with E-state index in [1.165, 1.54) is 5.56 Å². The van der Waals surface area contributed by atoms with Gasteiger partial charge in [-0.3, -0.25) is 4.79 Å². The number of nitrogens with zero attached hydrogens (tertiary/aromatic N) is 1. The van der Waals surface area contributed by atoms with Gasteiger partial charge in [-0.1, -0.05) is 25.5 Å². The standard InChI is InChI=1S/C16H22ClNO3S/c1-2-3-4-13-5-7-14(8-6-13)18(16(19)11-17)15-9-10-22(20,21)12-15/h5-8,15H,2-4,9-12H2,1H3. The summed E-state index contributed by atoms with van der Waals surface area (Å²) in [5.74, 6) is -0.232. The summed E-state index contributed by atoms with van der Waals surface area (Å²) in [5, 5.41) is 0. The Morgan fingerprint density at radius 2 is 2.00 bits per heavy atom. The molecule has 0 aliphatic carbocycles. The molecular weight excluding hydrogens is 322 g/mol. The zero-order valence-corrected chi connectivity index (χ0v) is 14.4. The number of benzene rings is 1. The molecule has 0 aromatic heterocycles. The fourth-order valence-corrected chi connectivity index (χ4v) is 4.63. The van der Waals surface area contributed by atoms with Gasteiger partial charge >= 0.3 is 0 Å². The first-order chi connectivity index (χ1) is 10.5. The molecule has 0 bridgehead atoms. The number of carbonyl (C=O) groups excluding carboxylic acids is 1. The molecule has 1 unspecified atom stereocenters. The summed E-state index contributed by atoms with van der Waals surface area (Å²) in [6, 6.07) is 7.48. The Morgan fingerprint density at radius 1 is 1.32 bits per heavy atom. The normalized spacial score (nSPS) is 20.0. The number of anilines is 1. The lowest BCUT2D eigenvalue weighted by Gasteiger charge is -2.28. The quantitative estimate of drug-likeness (QED) is 0.746. The van der Waals surface area contributed by atoms with Gasteiger partial charge in [0.1, 0.15) is 5.88 Å². The summed E-state index contributed by atoms with van der Waals surface area (Å²) in [5.41, 5.74) is 1.95. The van der Waals surface area contributed by atoms with Crippen LogP contribution in [0.25, 0.3) is 0 Å². The first kappa shape index (κ1) is 17.3. The molecule has 0 spiro atoms. The lowest BCUT2D eigenvalue weighted by atomic mass is 10.1. The van der Waals surface area contributed by atoms with Crippen LogP contribution in [0.3, 0.4) is 0 Å². The monoisotopic (exact) mass is 343 g/mol. The lowest BCUT2D eigenvalue weighted by molar-refractivity contribution is -0.116. The minimum atomic E-state index is -3.05. The van der Waals surface area contributed by atoms with Crippen LogP contribution in [0.2, 0.25) is 0 Å². The molecule has 2 rings (SSSR count). The zero-order chi connectivity index (χ0) is 16.2. The van der Waals surface area contributed by atoms with Gasteiger partial charge in [0.25, 0.3) is 0 Å². The third kappa shape index (κ3) is 4.23. The molecule has 1 atom stereocenters. The largest absolute Gasteiger partial charge is 0.307 e. The highest BCUT2D eigenvalue weighted by atomic mass is 35.5. The van der Waals surface area contributed by atoms with Crippen LogP contribution in [-0.4, -0.2) is 37.8 Å². The lowest BCUT2D eigenvalue weighted by Crippen LogP contribution is -2.42. The van der Waals surface area contributed by atoms with E-state index in [9.17, 15) is 13.2 Å². The molecule has 22 heavy (non-hydrogen) atoms.